The smallest absolute Gasteiger partial charge is 0.325 e. The predicted molar refractivity (Wildman–Crippen MR) is 112 cm³/mol. The molecule has 0 saturated heterocycles. The van der Waals surface area contributed by atoms with Gasteiger partial charge in [-0.25, -0.2) is 0 Å². The Hall–Kier alpha value is -2.37. The Bertz CT molecular complexity index is 756. The molecule has 2 N–H and O–H groups in total. The minimum atomic E-state index is -0.603. The molecule has 162 valence electrons. The lowest BCUT2D eigenvalue weighted by molar-refractivity contribution is -0.149. The molecule has 6 nitrogen and oxygen atoms in total. The number of esters is 1. The third-order valence-electron chi connectivity index (χ3n) is 7.38. The fourth-order valence-corrected chi connectivity index (χ4v) is 6.36. The molecule has 0 aliphatic heterocycles. The van der Waals surface area contributed by atoms with Gasteiger partial charge in [-0.05, 0) is 74.2 Å². The lowest BCUT2D eigenvalue weighted by Gasteiger charge is -2.59. The molecule has 4 fully saturated rings. The molecular weight excluding hydrogens is 380 g/mol. The summed E-state index contributed by atoms with van der Waals surface area (Å²) in [5.74, 6) is 1.36. The average molecular weight is 413 g/mol. The first-order valence-corrected chi connectivity index (χ1v) is 11.2. The third-order valence-corrected chi connectivity index (χ3v) is 7.38. The molecule has 0 aromatic heterocycles. The van der Waals surface area contributed by atoms with Crippen LogP contribution in [0.25, 0.3) is 0 Å². The summed E-state index contributed by atoms with van der Waals surface area (Å²) >= 11 is 0. The van der Waals surface area contributed by atoms with Crippen LogP contribution < -0.4 is 10.6 Å². The predicted octanol–water partition coefficient (Wildman–Crippen LogP) is 2.61. The van der Waals surface area contributed by atoms with E-state index in [0.717, 1.165) is 23.3 Å². The zero-order chi connectivity index (χ0) is 21.1. The van der Waals surface area contributed by atoms with E-state index in [0.29, 0.717) is 0 Å². The molecule has 1 aromatic rings. The van der Waals surface area contributed by atoms with Gasteiger partial charge in [0.05, 0.1) is 6.42 Å². The fourth-order valence-electron chi connectivity index (χ4n) is 6.36. The molecule has 0 spiro atoms. The van der Waals surface area contributed by atoms with Crippen molar-refractivity contribution in [3.63, 3.8) is 0 Å². The zero-order valence-corrected chi connectivity index (χ0v) is 17.7. The van der Waals surface area contributed by atoms with Gasteiger partial charge >= 0.3 is 5.97 Å². The van der Waals surface area contributed by atoms with Crippen molar-refractivity contribution >= 4 is 17.8 Å². The molecule has 0 radical (unpaired) electrons. The summed E-state index contributed by atoms with van der Waals surface area (Å²) in [6, 6.07) is 9.41. The number of carbonyl (C=O) groups excluding carboxylic acids is 3. The van der Waals surface area contributed by atoms with Gasteiger partial charge in [0.2, 0.25) is 5.91 Å². The number of amides is 2. The Morgan fingerprint density at radius 3 is 2.20 bits per heavy atom. The summed E-state index contributed by atoms with van der Waals surface area (Å²) in [6.45, 7) is 1.57. The van der Waals surface area contributed by atoms with Crippen molar-refractivity contribution in [1.82, 2.24) is 10.6 Å². The zero-order valence-electron chi connectivity index (χ0n) is 17.7. The van der Waals surface area contributed by atoms with E-state index >= 15 is 0 Å². The maximum Gasteiger partial charge on any atom is 0.325 e. The van der Waals surface area contributed by atoms with Gasteiger partial charge in [-0.15, -0.1) is 0 Å². The normalized spacial score (nSPS) is 29.8. The molecule has 1 aromatic carbocycles. The molecule has 4 bridgehead atoms. The summed E-state index contributed by atoms with van der Waals surface area (Å²) in [5.41, 5.74) is 1.10. The van der Waals surface area contributed by atoms with Gasteiger partial charge in [0.15, 0.2) is 6.61 Å². The van der Waals surface area contributed by atoms with Crippen molar-refractivity contribution in [3.05, 3.63) is 35.9 Å². The van der Waals surface area contributed by atoms with E-state index in [4.69, 9.17) is 4.74 Å². The second-order valence-electron chi connectivity index (χ2n) is 9.67. The molecule has 0 unspecified atom stereocenters. The summed E-state index contributed by atoms with van der Waals surface area (Å²) in [6.07, 6.45) is 7.96. The van der Waals surface area contributed by atoms with Crippen LogP contribution >= 0.6 is 0 Å². The summed E-state index contributed by atoms with van der Waals surface area (Å²) in [4.78, 5) is 36.2. The topological polar surface area (TPSA) is 84.5 Å². The summed E-state index contributed by atoms with van der Waals surface area (Å²) in [7, 11) is 0. The number of hydrogen-bond acceptors (Lipinski definition) is 4. The second-order valence-corrected chi connectivity index (χ2v) is 9.67. The monoisotopic (exact) mass is 412 g/mol. The van der Waals surface area contributed by atoms with Gasteiger partial charge in [-0.1, -0.05) is 30.3 Å². The van der Waals surface area contributed by atoms with Crippen LogP contribution in [-0.2, 0) is 25.5 Å². The van der Waals surface area contributed by atoms with Gasteiger partial charge in [0, 0.05) is 6.04 Å². The van der Waals surface area contributed by atoms with Gasteiger partial charge in [-0.2, -0.15) is 0 Å². The van der Waals surface area contributed by atoms with Crippen LogP contribution in [-0.4, -0.2) is 37.0 Å². The molecule has 0 heterocycles. The largest absolute Gasteiger partial charge is 0.454 e. The number of ether oxygens (including phenoxy) is 1. The van der Waals surface area contributed by atoms with Crippen molar-refractivity contribution in [1.29, 1.82) is 0 Å². The van der Waals surface area contributed by atoms with E-state index in [9.17, 15) is 14.4 Å². The van der Waals surface area contributed by atoms with Crippen molar-refractivity contribution < 1.29 is 19.1 Å². The lowest BCUT2D eigenvalue weighted by Crippen LogP contribution is -2.56. The Morgan fingerprint density at radius 2 is 1.60 bits per heavy atom. The first-order chi connectivity index (χ1) is 14.4. The highest BCUT2D eigenvalue weighted by Crippen LogP contribution is 2.61. The molecular formula is C24H32N2O4. The second kappa shape index (κ2) is 8.78. The Morgan fingerprint density at radius 1 is 1.00 bits per heavy atom. The van der Waals surface area contributed by atoms with Crippen molar-refractivity contribution in [3.8, 4) is 0 Å². The first kappa shape index (κ1) is 20.9. The van der Waals surface area contributed by atoms with Crippen LogP contribution in [0.15, 0.2) is 30.3 Å². The molecule has 2 amide bonds. The number of nitrogens with one attached hydrogen (secondary N) is 2. The van der Waals surface area contributed by atoms with Crippen molar-refractivity contribution in [2.75, 3.05) is 13.2 Å². The van der Waals surface area contributed by atoms with Crippen LogP contribution in [0.2, 0.25) is 0 Å². The van der Waals surface area contributed by atoms with Gasteiger partial charge in [0.25, 0.3) is 5.91 Å². The van der Waals surface area contributed by atoms with E-state index in [2.05, 4.69) is 17.6 Å². The maximum atomic E-state index is 12.4. The Kier molecular flexibility index (Phi) is 6.11. The minimum Gasteiger partial charge on any atom is -0.454 e. The Labute approximate surface area is 178 Å². The van der Waals surface area contributed by atoms with Crippen LogP contribution in [0.4, 0.5) is 0 Å². The van der Waals surface area contributed by atoms with Crippen LogP contribution in [0.1, 0.15) is 51.0 Å². The van der Waals surface area contributed by atoms with E-state index < -0.39 is 5.97 Å². The van der Waals surface area contributed by atoms with Gasteiger partial charge in [0.1, 0.15) is 6.54 Å². The molecule has 4 saturated carbocycles. The highest BCUT2D eigenvalue weighted by Gasteiger charge is 2.53. The molecule has 4 aliphatic rings. The summed E-state index contributed by atoms with van der Waals surface area (Å²) in [5, 5.41) is 5.63. The highest BCUT2D eigenvalue weighted by atomic mass is 16.5. The number of hydrogen-bond donors (Lipinski definition) is 2. The van der Waals surface area contributed by atoms with Crippen molar-refractivity contribution in [2.45, 2.75) is 57.9 Å². The van der Waals surface area contributed by atoms with Gasteiger partial charge in [-0.3, -0.25) is 14.4 Å². The van der Waals surface area contributed by atoms with E-state index in [1.54, 1.807) is 0 Å². The Balaban J connectivity index is 1.17. The fraction of sp³-hybridized carbons (Fsp3) is 0.625. The molecule has 30 heavy (non-hydrogen) atoms. The first-order valence-electron chi connectivity index (χ1n) is 11.2. The number of carbonyl (C=O) groups is 3. The van der Waals surface area contributed by atoms with Crippen LogP contribution in [0.3, 0.4) is 0 Å². The SMILES string of the molecule is C[C@H](NC(=O)COC(=O)CNC(=O)Cc1ccccc1)C12CC3CC(CC(C3)C1)C2. The highest BCUT2D eigenvalue weighted by molar-refractivity contribution is 5.85. The van der Waals surface area contributed by atoms with Crippen LogP contribution in [0, 0.1) is 23.2 Å². The summed E-state index contributed by atoms with van der Waals surface area (Å²) < 4.78 is 5.06. The lowest BCUT2D eigenvalue weighted by atomic mass is 9.48. The molecule has 6 heteroatoms. The van der Waals surface area contributed by atoms with E-state index in [1.807, 2.05) is 30.3 Å². The van der Waals surface area contributed by atoms with E-state index in [-0.39, 0.29) is 42.8 Å². The number of benzene rings is 1. The third kappa shape index (κ3) is 4.85. The van der Waals surface area contributed by atoms with Gasteiger partial charge < -0.3 is 15.4 Å². The molecule has 1 atom stereocenters. The average Bonchev–Trinajstić information content (AvgIpc) is 2.70. The van der Waals surface area contributed by atoms with Crippen molar-refractivity contribution in [2.24, 2.45) is 23.2 Å². The molecule has 4 aliphatic carbocycles. The van der Waals surface area contributed by atoms with Crippen LogP contribution in [0.5, 0.6) is 0 Å². The molecule has 5 rings (SSSR count). The van der Waals surface area contributed by atoms with E-state index in [1.165, 1.54) is 38.5 Å². The minimum absolute atomic E-state index is 0.0997. The maximum absolute atomic E-state index is 12.4. The number of rotatable bonds is 8. The standard InChI is InChI=1S/C24H32N2O4/c1-16(24-11-18-7-19(12-24)9-20(8-18)13-24)26-22(28)15-30-23(29)14-25-21(27)10-17-5-3-2-4-6-17/h2-6,16,18-20H,7-15H2,1H3,(H,25,27)(H,26,28)/t16-,18?,19?,20?,24?/m0/s1. The quantitative estimate of drug-likeness (QED) is 0.643.